The summed E-state index contributed by atoms with van der Waals surface area (Å²) in [5.41, 5.74) is 0.348. The van der Waals surface area contributed by atoms with Crippen LogP contribution in [0.3, 0.4) is 0 Å². The first kappa shape index (κ1) is 15.4. The number of carbonyl (C=O) groups is 1. The molecule has 4 rings (SSSR count). The second-order valence-electron chi connectivity index (χ2n) is 7.09. The van der Waals surface area contributed by atoms with Crippen molar-refractivity contribution in [3.8, 4) is 0 Å². The van der Waals surface area contributed by atoms with Crippen LogP contribution in [0, 0.1) is 5.41 Å². The van der Waals surface area contributed by atoms with Crippen molar-refractivity contribution in [2.45, 2.75) is 64.0 Å². The molecule has 2 aromatic heterocycles. The minimum absolute atomic E-state index is 0.112. The standard InChI is InChI=1S/C17H24N6O/c24-16(19-12-14-21-15-18-10-5-11-23(15)22-14)20-13-6-4-9-17(13)7-2-1-3-8-17/h5,10-11,13H,1-4,6-9,12H2,(H2,19,20,24). The van der Waals surface area contributed by atoms with E-state index in [9.17, 15) is 4.79 Å². The molecule has 2 heterocycles. The molecule has 7 nitrogen and oxygen atoms in total. The highest BCUT2D eigenvalue weighted by Crippen LogP contribution is 2.49. The van der Waals surface area contributed by atoms with Gasteiger partial charge in [0.1, 0.15) is 0 Å². The molecule has 2 N–H and O–H groups in total. The van der Waals surface area contributed by atoms with Crippen LogP contribution in [-0.2, 0) is 6.54 Å². The highest BCUT2D eigenvalue weighted by Gasteiger charge is 2.43. The maximum absolute atomic E-state index is 12.3. The Hall–Kier alpha value is -2.18. The minimum Gasteiger partial charge on any atom is -0.335 e. The lowest BCUT2D eigenvalue weighted by molar-refractivity contribution is 0.150. The van der Waals surface area contributed by atoms with Gasteiger partial charge in [0.2, 0.25) is 0 Å². The molecule has 2 saturated carbocycles. The first-order chi connectivity index (χ1) is 11.8. The third kappa shape index (κ3) is 2.95. The lowest BCUT2D eigenvalue weighted by atomic mass is 9.70. The summed E-state index contributed by atoms with van der Waals surface area (Å²) in [6.45, 7) is 0.314. The van der Waals surface area contributed by atoms with Gasteiger partial charge in [0.05, 0.1) is 6.54 Å². The van der Waals surface area contributed by atoms with Gasteiger partial charge in [-0.1, -0.05) is 25.7 Å². The van der Waals surface area contributed by atoms with E-state index in [-0.39, 0.29) is 6.03 Å². The van der Waals surface area contributed by atoms with E-state index in [0.29, 0.717) is 29.6 Å². The van der Waals surface area contributed by atoms with Crippen LogP contribution >= 0.6 is 0 Å². The van der Waals surface area contributed by atoms with Crippen LogP contribution in [0.2, 0.25) is 0 Å². The second kappa shape index (κ2) is 6.37. The fourth-order valence-corrected chi connectivity index (χ4v) is 4.44. The molecule has 2 fully saturated rings. The van der Waals surface area contributed by atoms with Crippen molar-refractivity contribution >= 4 is 11.8 Å². The van der Waals surface area contributed by atoms with Crippen LogP contribution < -0.4 is 10.6 Å². The molecule has 0 radical (unpaired) electrons. The SMILES string of the molecule is O=C(NCc1nc2ncccn2n1)NC1CCCC12CCCCC2. The second-order valence-corrected chi connectivity index (χ2v) is 7.09. The largest absolute Gasteiger partial charge is 0.335 e. The summed E-state index contributed by atoms with van der Waals surface area (Å²) >= 11 is 0. The van der Waals surface area contributed by atoms with E-state index in [2.05, 4.69) is 25.7 Å². The molecule has 0 aromatic carbocycles. The van der Waals surface area contributed by atoms with Crippen LogP contribution in [0.25, 0.3) is 5.78 Å². The van der Waals surface area contributed by atoms with E-state index < -0.39 is 0 Å². The van der Waals surface area contributed by atoms with E-state index in [1.165, 1.54) is 44.9 Å². The van der Waals surface area contributed by atoms with Gasteiger partial charge >= 0.3 is 6.03 Å². The number of fused-ring (bicyclic) bond motifs is 1. The smallest absolute Gasteiger partial charge is 0.315 e. The van der Waals surface area contributed by atoms with Crippen LogP contribution in [-0.4, -0.2) is 31.7 Å². The Balaban J connectivity index is 1.34. The van der Waals surface area contributed by atoms with Crippen molar-refractivity contribution in [3.63, 3.8) is 0 Å². The molecule has 0 saturated heterocycles. The number of nitrogens with zero attached hydrogens (tertiary/aromatic N) is 4. The predicted molar refractivity (Wildman–Crippen MR) is 89.3 cm³/mol. The van der Waals surface area contributed by atoms with Gasteiger partial charge in [-0.2, -0.15) is 4.98 Å². The molecule has 2 aliphatic carbocycles. The highest BCUT2D eigenvalue weighted by molar-refractivity contribution is 5.74. The van der Waals surface area contributed by atoms with Crippen LogP contribution in [0.15, 0.2) is 18.5 Å². The average molecular weight is 328 g/mol. The summed E-state index contributed by atoms with van der Waals surface area (Å²) in [5.74, 6) is 1.12. The number of amides is 2. The van der Waals surface area contributed by atoms with Crippen molar-refractivity contribution in [2.24, 2.45) is 5.41 Å². The van der Waals surface area contributed by atoms with Crippen LogP contribution in [0.4, 0.5) is 4.79 Å². The predicted octanol–water partition coefficient (Wildman–Crippen LogP) is 2.43. The minimum atomic E-state index is -0.112. The molecule has 0 bridgehead atoms. The Morgan fingerprint density at radius 3 is 2.92 bits per heavy atom. The third-order valence-corrected chi connectivity index (χ3v) is 5.63. The lowest BCUT2D eigenvalue weighted by Gasteiger charge is -2.39. The summed E-state index contributed by atoms with van der Waals surface area (Å²) in [6.07, 6.45) is 13.5. The molecule has 24 heavy (non-hydrogen) atoms. The highest BCUT2D eigenvalue weighted by atomic mass is 16.2. The number of rotatable bonds is 3. The number of carbonyl (C=O) groups excluding carboxylic acids is 1. The molecule has 1 unspecified atom stereocenters. The quantitative estimate of drug-likeness (QED) is 0.906. The van der Waals surface area contributed by atoms with Gasteiger partial charge in [-0.25, -0.2) is 14.3 Å². The van der Waals surface area contributed by atoms with Gasteiger partial charge in [0.25, 0.3) is 5.78 Å². The van der Waals surface area contributed by atoms with E-state index in [1.807, 2.05) is 0 Å². The maximum Gasteiger partial charge on any atom is 0.315 e. The molecule has 7 heteroatoms. The van der Waals surface area contributed by atoms with Gasteiger partial charge in [-0.05, 0) is 37.2 Å². The Morgan fingerprint density at radius 2 is 2.08 bits per heavy atom. The number of urea groups is 1. The summed E-state index contributed by atoms with van der Waals surface area (Å²) in [5, 5.41) is 10.4. The summed E-state index contributed by atoms with van der Waals surface area (Å²) in [7, 11) is 0. The molecule has 2 aliphatic rings. The number of aromatic nitrogens is 4. The topological polar surface area (TPSA) is 84.2 Å². The number of nitrogens with one attached hydrogen (secondary N) is 2. The molecule has 2 aromatic rings. The lowest BCUT2D eigenvalue weighted by Crippen LogP contribution is -2.48. The monoisotopic (exact) mass is 328 g/mol. The van der Waals surface area contributed by atoms with Crippen molar-refractivity contribution in [1.29, 1.82) is 0 Å². The van der Waals surface area contributed by atoms with Crippen LogP contribution in [0.1, 0.15) is 57.2 Å². The molecular formula is C17H24N6O. The summed E-state index contributed by atoms with van der Waals surface area (Å²) in [6, 6.07) is 2.00. The Bertz CT molecular complexity index is 688. The molecular weight excluding hydrogens is 304 g/mol. The normalized spacial score (nSPS) is 22.8. The molecule has 128 valence electrons. The average Bonchev–Trinajstić information content (AvgIpc) is 3.18. The summed E-state index contributed by atoms with van der Waals surface area (Å²) < 4.78 is 1.61. The zero-order chi connectivity index (χ0) is 16.4. The van der Waals surface area contributed by atoms with Gasteiger partial charge in [0, 0.05) is 18.4 Å². The van der Waals surface area contributed by atoms with Gasteiger partial charge < -0.3 is 10.6 Å². The van der Waals surface area contributed by atoms with Crippen LogP contribution in [0.5, 0.6) is 0 Å². The van der Waals surface area contributed by atoms with E-state index in [1.54, 1.807) is 23.0 Å². The van der Waals surface area contributed by atoms with E-state index >= 15 is 0 Å². The number of hydrogen-bond donors (Lipinski definition) is 2. The molecule has 2 amide bonds. The molecule has 1 atom stereocenters. The Labute approximate surface area is 141 Å². The zero-order valence-electron chi connectivity index (χ0n) is 13.9. The van der Waals surface area contributed by atoms with Gasteiger partial charge in [0.15, 0.2) is 5.82 Å². The zero-order valence-corrected chi connectivity index (χ0v) is 13.9. The first-order valence-electron chi connectivity index (χ1n) is 8.96. The fraction of sp³-hybridized carbons (Fsp3) is 0.647. The van der Waals surface area contributed by atoms with Crippen molar-refractivity contribution < 1.29 is 4.79 Å². The van der Waals surface area contributed by atoms with Crippen molar-refractivity contribution in [1.82, 2.24) is 30.2 Å². The Morgan fingerprint density at radius 1 is 1.25 bits per heavy atom. The third-order valence-electron chi connectivity index (χ3n) is 5.63. The first-order valence-corrected chi connectivity index (χ1v) is 8.96. The fourth-order valence-electron chi connectivity index (χ4n) is 4.44. The van der Waals surface area contributed by atoms with E-state index in [0.717, 1.165) is 6.42 Å². The van der Waals surface area contributed by atoms with Crippen molar-refractivity contribution in [2.75, 3.05) is 0 Å². The maximum atomic E-state index is 12.3. The van der Waals surface area contributed by atoms with Gasteiger partial charge in [-0.3, -0.25) is 0 Å². The van der Waals surface area contributed by atoms with E-state index in [4.69, 9.17) is 0 Å². The molecule has 0 aliphatic heterocycles. The van der Waals surface area contributed by atoms with Gasteiger partial charge in [-0.15, -0.1) is 5.10 Å². The van der Waals surface area contributed by atoms with Crippen molar-refractivity contribution in [3.05, 3.63) is 24.3 Å². The molecule has 1 spiro atoms. The Kier molecular flexibility index (Phi) is 4.08. The number of hydrogen-bond acceptors (Lipinski definition) is 4. The summed E-state index contributed by atoms with van der Waals surface area (Å²) in [4.78, 5) is 20.7.